The number of piperidine rings is 1. The maximum atomic E-state index is 13.6. The number of halogens is 1. The Morgan fingerprint density at radius 2 is 1.80 bits per heavy atom. The minimum absolute atomic E-state index is 0.0000279. The number of amides is 1. The Balaban J connectivity index is 1.55. The molecule has 0 spiro atoms. The zero-order valence-corrected chi connectivity index (χ0v) is 26.1. The molecule has 0 radical (unpaired) electrons. The predicted octanol–water partition coefficient (Wildman–Crippen LogP) is 5.92. The van der Waals surface area contributed by atoms with Crippen molar-refractivity contribution in [3.05, 3.63) is 74.0 Å². The van der Waals surface area contributed by atoms with Gasteiger partial charge in [-0.05, 0) is 77.1 Å². The van der Waals surface area contributed by atoms with E-state index in [4.69, 9.17) is 9.47 Å². The van der Waals surface area contributed by atoms with Gasteiger partial charge >= 0.3 is 5.97 Å². The van der Waals surface area contributed by atoms with Crippen LogP contribution in [-0.2, 0) is 16.0 Å². The molecule has 0 saturated carbocycles. The molecule has 0 N–H and O–H groups in total. The lowest BCUT2D eigenvalue weighted by atomic mass is 9.74. The summed E-state index contributed by atoms with van der Waals surface area (Å²) in [4.78, 5) is 28.8. The van der Waals surface area contributed by atoms with Crippen LogP contribution < -0.4 is 4.74 Å². The van der Waals surface area contributed by atoms with Gasteiger partial charge in [0, 0.05) is 41.3 Å². The van der Waals surface area contributed by atoms with Crippen LogP contribution >= 0.6 is 15.9 Å². The molecule has 0 unspecified atom stereocenters. The highest BCUT2D eigenvalue weighted by Gasteiger charge is 2.44. The highest BCUT2D eigenvalue weighted by Crippen LogP contribution is 2.38. The van der Waals surface area contributed by atoms with Gasteiger partial charge in [0.05, 0.1) is 30.9 Å². The summed E-state index contributed by atoms with van der Waals surface area (Å²) in [7, 11) is 1.66. The minimum atomic E-state index is -0.768. The topological polar surface area (TPSA) is 86.6 Å². The van der Waals surface area contributed by atoms with Gasteiger partial charge in [0.15, 0.2) is 0 Å². The van der Waals surface area contributed by atoms with Crippen LogP contribution in [0.2, 0.25) is 0 Å². The number of hydrogen-bond donors (Lipinski definition) is 0. The number of benzene rings is 2. The van der Waals surface area contributed by atoms with Crippen molar-refractivity contribution in [3.8, 4) is 5.75 Å². The van der Waals surface area contributed by atoms with E-state index in [1.54, 1.807) is 7.11 Å². The van der Waals surface area contributed by atoms with E-state index < -0.39 is 5.41 Å². The van der Waals surface area contributed by atoms with Gasteiger partial charge in [-0.3, -0.25) is 9.59 Å². The first-order valence-electron chi connectivity index (χ1n) is 13.8. The quantitative estimate of drug-likeness (QED) is 0.294. The van der Waals surface area contributed by atoms with E-state index >= 15 is 0 Å². The molecule has 1 saturated heterocycles. The third kappa shape index (κ3) is 5.80. The molecule has 40 heavy (non-hydrogen) atoms. The van der Waals surface area contributed by atoms with E-state index in [1.165, 1.54) is 0 Å². The number of nitrogens with zero attached hydrogens (tertiary/aromatic N) is 4. The Labute approximate surface area is 245 Å². The number of esters is 1. The number of rotatable bonds is 8. The van der Waals surface area contributed by atoms with E-state index in [0.29, 0.717) is 39.0 Å². The fourth-order valence-corrected chi connectivity index (χ4v) is 6.09. The lowest BCUT2D eigenvalue weighted by Gasteiger charge is -2.40. The van der Waals surface area contributed by atoms with Crippen LogP contribution in [-0.4, -0.2) is 58.6 Å². The lowest BCUT2D eigenvalue weighted by Crippen LogP contribution is -2.48. The highest BCUT2D eigenvalue weighted by molar-refractivity contribution is 9.10. The Kier molecular flexibility index (Phi) is 9.02. The van der Waals surface area contributed by atoms with Crippen molar-refractivity contribution >= 4 is 27.8 Å². The van der Waals surface area contributed by atoms with Crippen LogP contribution in [0.4, 0.5) is 0 Å². The van der Waals surface area contributed by atoms with Crippen LogP contribution in [0.25, 0.3) is 0 Å². The molecule has 2 heterocycles. The van der Waals surface area contributed by atoms with Crippen LogP contribution in [0.5, 0.6) is 5.75 Å². The fourth-order valence-electron chi connectivity index (χ4n) is 5.78. The van der Waals surface area contributed by atoms with Gasteiger partial charge in [-0.1, -0.05) is 44.9 Å². The second-order valence-electron chi connectivity index (χ2n) is 10.9. The molecule has 1 fully saturated rings. The summed E-state index contributed by atoms with van der Waals surface area (Å²) in [6, 6.07) is 8.00. The molecule has 4 rings (SSSR count). The van der Waals surface area contributed by atoms with Crippen molar-refractivity contribution in [1.29, 1.82) is 0 Å². The second-order valence-corrected chi connectivity index (χ2v) is 11.7. The van der Waals surface area contributed by atoms with Gasteiger partial charge < -0.3 is 14.4 Å². The molecule has 2 aromatic carbocycles. The number of aromatic nitrogens is 3. The van der Waals surface area contributed by atoms with Crippen molar-refractivity contribution in [1.82, 2.24) is 19.9 Å². The zero-order chi connectivity index (χ0) is 29.2. The smallest absolute Gasteiger partial charge is 0.312 e. The summed E-state index contributed by atoms with van der Waals surface area (Å²) in [5.41, 5.74) is 5.84. The van der Waals surface area contributed by atoms with E-state index in [9.17, 15) is 9.59 Å². The minimum Gasteiger partial charge on any atom is -0.496 e. The van der Waals surface area contributed by atoms with Crippen molar-refractivity contribution in [2.24, 2.45) is 5.41 Å². The molecule has 0 bridgehead atoms. The van der Waals surface area contributed by atoms with Crippen molar-refractivity contribution in [2.75, 3.05) is 26.8 Å². The number of aryl methyl sites for hydroxylation is 3. The van der Waals surface area contributed by atoms with E-state index in [-0.39, 0.29) is 17.9 Å². The molecule has 8 nitrogen and oxygen atoms in total. The number of carbonyl (C=O) groups is 2. The number of carbonyl (C=O) groups excluding carboxylic acids is 2. The summed E-state index contributed by atoms with van der Waals surface area (Å²) >= 11 is 3.63. The van der Waals surface area contributed by atoms with E-state index in [0.717, 1.165) is 49.3 Å². The SMILES string of the molecule is CCOC(=O)C1(Cc2cn([C@H](C)c3cc(C)ccc3OC)nn2)CCN(C(=O)c2c(C)cc(C)c(Br)c2C)CC1. The summed E-state index contributed by atoms with van der Waals surface area (Å²) in [6.07, 6.45) is 3.30. The predicted molar refractivity (Wildman–Crippen MR) is 158 cm³/mol. The standard InChI is InChI=1S/C31H39BrN4O4/c1-8-40-30(38)31(11-13-35(14-12-31)29(37)27-20(3)16-21(4)28(32)22(27)5)17-24-18-36(34-33-24)23(6)25-15-19(2)9-10-26(25)39-7/h9-10,15-16,18,23H,8,11-14,17H2,1-7H3/t23-/m1/s1. The van der Waals surface area contributed by atoms with Crippen LogP contribution in [0.3, 0.4) is 0 Å². The largest absolute Gasteiger partial charge is 0.496 e. The number of likely N-dealkylation sites (tertiary alicyclic amines) is 1. The molecular weight excluding hydrogens is 572 g/mol. The van der Waals surface area contributed by atoms with Crippen molar-refractivity contribution in [2.45, 2.75) is 66.8 Å². The molecule has 1 aromatic heterocycles. The number of ether oxygens (including phenoxy) is 2. The lowest BCUT2D eigenvalue weighted by molar-refractivity contribution is -0.158. The maximum absolute atomic E-state index is 13.6. The van der Waals surface area contributed by atoms with Crippen molar-refractivity contribution in [3.63, 3.8) is 0 Å². The summed E-state index contributed by atoms with van der Waals surface area (Å²) in [5, 5.41) is 8.85. The second kappa shape index (κ2) is 12.1. The van der Waals surface area contributed by atoms with Gasteiger partial charge in [-0.2, -0.15) is 0 Å². The van der Waals surface area contributed by atoms with Gasteiger partial charge in [-0.15, -0.1) is 5.10 Å². The molecular formula is C31H39BrN4O4. The van der Waals surface area contributed by atoms with Crippen LogP contribution in [0, 0.1) is 33.1 Å². The fraction of sp³-hybridized carbons (Fsp3) is 0.484. The molecule has 1 aliphatic rings. The molecule has 1 aliphatic heterocycles. The van der Waals surface area contributed by atoms with Gasteiger partial charge in [-0.25, -0.2) is 4.68 Å². The Morgan fingerprint density at radius 1 is 1.10 bits per heavy atom. The highest BCUT2D eigenvalue weighted by atomic mass is 79.9. The normalized spacial score (nSPS) is 15.6. The monoisotopic (exact) mass is 610 g/mol. The number of methoxy groups -OCH3 is 1. The Morgan fingerprint density at radius 3 is 2.45 bits per heavy atom. The Bertz CT molecular complexity index is 1410. The first kappa shape index (κ1) is 29.8. The zero-order valence-electron chi connectivity index (χ0n) is 24.5. The summed E-state index contributed by atoms with van der Waals surface area (Å²) in [6.45, 7) is 13.1. The summed E-state index contributed by atoms with van der Waals surface area (Å²) < 4.78 is 13.9. The molecule has 214 valence electrons. The van der Waals surface area contributed by atoms with Gasteiger partial charge in [0.25, 0.3) is 5.91 Å². The average molecular weight is 612 g/mol. The molecule has 1 amide bonds. The van der Waals surface area contributed by atoms with Gasteiger partial charge in [0.1, 0.15) is 5.75 Å². The van der Waals surface area contributed by atoms with E-state index in [1.807, 2.05) is 75.5 Å². The summed E-state index contributed by atoms with van der Waals surface area (Å²) in [5.74, 6) is 0.553. The first-order chi connectivity index (χ1) is 19.0. The maximum Gasteiger partial charge on any atom is 0.312 e. The average Bonchev–Trinajstić information content (AvgIpc) is 3.40. The van der Waals surface area contributed by atoms with E-state index in [2.05, 4.69) is 32.3 Å². The Hall–Kier alpha value is -3.20. The van der Waals surface area contributed by atoms with Crippen LogP contribution in [0.1, 0.15) is 76.6 Å². The van der Waals surface area contributed by atoms with Crippen LogP contribution in [0.15, 0.2) is 34.9 Å². The first-order valence-corrected chi connectivity index (χ1v) is 14.6. The molecule has 0 aliphatic carbocycles. The third-order valence-corrected chi connectivity index (χ3v) is 9.34. The van der Waals surface area contributed by atoms with Crippen molar-refractivity contribution < 1.29 is 19.1 Å². The molecule has 3 aromatic rings. The number of hydrogen-bond acceptors (Lipinski definition) is 6. The van der Waals surface area contributed by atoms with Gasteiger partial charge in [0.2, 0.25) is 0 Å². The third-order valence-electron chi connectivity index (χ3n) is 8.12. The molecule has 1 atom stereocenters. The molecule has 9 heteroatoms.